The first-order chi connectivity index (χ1) is 14.6. The van der Waals surface area contributed by atoms with E-state index < -0.39 is 17.2 Å². The van der Waals surface area contributed by atoms with E-state index in [1.54, 1.807) is 7.05 Å². The number of amides is 2. The van der Waals surface area contributed by atoms with Gasteiger partial charge in [0.1, 0.15) is 5.60 Å². The SMILES string of the molecule is CCNC(=O)c1ccc(CNC(=NC)NCC(CC)(CC)NC(=O)OC(C)(C)C)cc1.I. The number of halogens is 1. The van der Waals surface area contributed by atoms with Gasteiger partial charge in [-0.1, -0.05) is 26.0 Å². The van der Waals surface area contributed by atoms with Crippen LogP contribution in [-0.2, 0) is 11.3 Å². The van der Waals surface area contributed by atoms with Crippen molar-refractivity contribution in [1.29, 1.82) is 0 Å². The van der Waals surface area contributed by atoms with Gasteiger partial charge in [-0.2, -0.15) is 0 Å². The Kier molecular flexibility index (Phi) is 13.3. The zero-order chi connectivity index (χ0) is 23.5. The van der Waals surface area contributed by atoms with Crippen LogP contribution in [0, 0.1) is 0 Å². The molecule has 2 amide bonds. The molecule has 0 atom stereocenters. The molecule has 0 spiro atoms. The van der Waals surface area contributed by atoms with E-state index in [0.717, 1.165) is 18.4 Å². The summed E-state index contributed by atoms with van der Waals surface area (Å²) in [6, 6.07) is 7.44. The number of hydrogen-bond acceptors (Lipinski definition) is 4. The van der Waals surface area contributed by atoms with Crippen molar-refractivity contribution in [2.45, 2.75) is 72.1 Å². The molecule has 1 aromatic rings. The summed E-state index contributed by atoms with van der Waals surface area (Å²) in [5.41, 5.74) is 0.667. The average molecular weight is 562 g/mol. The Labute approximate surface area is 209 Å². The number of nitrogens with zero attached hydrogens (tertiary/aromatic N) is 1. The van der Waals surface area contributed by atoms with Crippen molar-refractivity contribution < 1.29 is 14.3 Å². The maximum atomic E-state index is 12.3. The van der Waals surface area contributed by atoms with E-state index in [1.807, 2.05) is 65.8 Å². The van der Waals surface area contributed by atoms with Crippen molar-refractivity contribution in [3.05, 3.63) is 35.4 Å². The van der Waals surface area contributed by atoms with Gasteiger partial charge < -0.3 is 26.0 Å². The summed E-state index contributed by atoms with van der Waals surface area (Å²) < 4.78 is 5.42. The highest BCUT2D eigenvalue weighted by atomic mass is 127. The van der Waals surface area contributed by atoms with Crippen molar-refractivity contribution in [3.8, 4) is 0 Å². The highest BCUT2D eigenvalue weighted by Crippen LogP contribution is 2.16. The summed E-state index contributed by atoms with van der Waals surface area (Å²) in [5.74, 6) is 0.553. The minimum absolute atomic E-state index is 0. The van der Waals surface area contributed by atoms with E-state index in [0.29, 0.717) is 31.2 Å². The molecule has 1 aromatic carbocycles. The lowest BCUT2D eigenvalue weighted by Crippen LogP contribution is -2.57. The van der Waals surface area contributed by atoms with E-state index in [4.69, 9.17) is 4.74 Å². The van der Waals surface area contributed by atoms with Crippen LogP contribution in [0.5, 0.6) is 0 Å². The van der Waals surface area contributed by atoms with Crippen LogP contribution in [0.25, 0.3) is 0 Å². The lowest BCUT2D eigenvalue weighted by molar-refractivity contribution is 0.0448. The fourth-order valence-electron chi connectivity index (χ4n) is 2.94. The number of alkyl carbamates (subject to hydrolysis) is 1. The predicted octanol–water partition coefficient (Wildman–Crippen LogP) is 3.80. The standard InChI is InChI=1S/C23H39N5O3.HI/c1-8-23(9-2,28-21(30)31-22(4,5)6)16-27-20(24-7)26-15-17-11-13-18(14-12-17)19(29)25-10-3;/h11-14H,8-10,15-16H2,1-7H3,(H,25,29)(H,28,30)(H2,24,26,27);1H. The highest BCUT2D eigenvalue weighted by molar-refractivity contribution is 14.0. The van der Waals surface area contributed by atoms with E-state index in [1.165, 1.54) is 0 Å². The Morgan fingerprint density at radius 2 is 1.56 bits per heavy atom. The first-order valence-electron chi connectivity index (χ1n) is 10.9. The predicted molar refractivity (Wildman–Crippen MR) is 141 cm³/mol. The van der Waals surface area contributed by atoms with Crippen LogP contribution in [0.2, 0.25) is 0 Å². The van der Waals surface area contributed by atoms with Crippen LogP contribution < -0.4 is 21.3 Å². The summed E-state index contributed by atoms with van der Waals surface area (Å²) >= 11 is 0. The molecule has 9 heteroatoms. The molecule has 0 aliphatic rings. The summed E-state index contributed by atoms with van der Waals surface area (Å²) in [4.78, 5) is 28.4. The number of hydrogen-bond donors (Lipinski definition) is 4. The number of guanidine groups is 1. The summed E-state index contributed by atoms with van der Waals surface area (Å²) in [6.45, 7) is 13.2. The van der Waals surface area contributed by atoms with Gasteiger partial charge >= 0.3 is 6.09 Å². The van der Waals surface area contributed by atoms with Gasteiger partial charge in [0.15, 0.2) is 5.96 Å². The van der Waals surface area contributed by atoms with Gasteiger partial charge in [-0.15, -0.1) is 24.0 Å². The number of benzene rings is 1. The number of nitrogens with one attached hydrogen (secondary N) is 4. The maximum absolute atomic E-state index is 12.3. The van der Waals surface area contributed by atoms with Gasteiger partial charge in [-0.25, -0.2) is 4.79 Å². The smallest absolute Gasteiger partial charge is 0.408 e. The molecule has 0 fully saturated rings. The fourth-order valence-corrected chi connectivity index (χ4v) is 2.94. The molecule has 0 aromatic heterocycles. The number of rotatable bonds is 9. The van der Waals surface area contributed by atoms with Gasteiger partial charge in [-0.3, -0.25) is 9.79 Å². The van der Waals surface area contributed by atoms with Gasteiger partial charge in [0.25, 0.3) is 5.91 Å². The van der Waals surface area contributed by atoms with Gasteiger partial charge in [0, 0.05) is 32.2 Å². The Morgan fingerprint density at radius 1 is 0.969 bits per heavy atom. The van der Waals surface area contributed by atoms with Crippen LogP contribution >= 0.6 is 24.0 Å². The van der Waals surface area contributed by atoms with E-state index in [-0.39, 0.29) is 29.9 Å². The van der Waals surface area contributed by atoms with Crippen LogP contribution in [0.3, 0.4) is 0 Å². The summed E-state index contributed by atoms with van der Waals surface area (Å²) in [7, 11) is 1.70. The number of aliphatic imine (C=N–C) groups is 1. The molecule has 0 unspecified atom stereocenters. The molecule has 0 aliphatic heterocycles. The third kappa shape index (κ3) is 10.5. The quantitative estimate of drug-likeness (QED) is 0.209. The van der Waals surface area contributed by atoms with Crippen molar-refractivity contribution in [2.75, 3.05) is 20.1 Å². The highest BCUT2D eigenvalue weighted by Gasteiger charge is 2.30. The second-order valence-corrected chi connectivity index (χ2v) is 8.45. The largest absolute Gasteiger partial charge is 0.444 e. The lowest BCUT2D eigenvalue weighted by Gasteiger charge is -2.34. The number of ether oxygens (including phenoxy) is 1. The van der Waals surface area contributed by atoms with E-state index >= 15 is 0 Å². The van der Waals surface area contributed by atoms with Crippen LogP contribution in [0.1, 0.15) is 70.3 Å². The molecule has 1 rings (SSSR count). The van der Waals surface area contributed by atoms with E-state index in [9.17, 15) is 9.59 Å². The van der Waals surface area contributed by atoms with Crippen LogP contribution in [0.4, 0.5) is 4.79 Å². The van der Waals surface area contributed by atoms with Crippen LogP contribution in [0.15, 0.2) is 29.3 Å². The second kappa shape index (κ2) is 14.2. The molecule has 0 saturated carbocycles. The molecular weight excluding hydrogens is 521 g/mol. The van der Waals surface area contributed by atoms with Crippen LogP contribution in [-0.4, -0.2) is 49.2 Å². The minimum Gasteiger partial charge on any atom is -0.444 e. The summed E-state index contributed by atoms with van der Waals surface area (Å²) in [5, 5.41) is 12.4. The molecule has 4 N–H and O–H groups in total. The molecule has 182 valence electrons. The zero-order valence-electron chi connectivity index (χ0n) is 20.4. The Bertz CT molecular complexity index is 741. The number of carbonyl (C=O) groups excluding carboxylic acids is 2. The molecular formula is C23H40IN5O3. The molecule has 0 saturated heterocycles. The molecule has 0 radical (unpaired) electrons. The molecule has 32 heavy (non-hydrogen) atoms. The Hall–Kier alpha value is -2.04. The lowest BCUT2D eigenvalue weighted by atomic mass is 9.93. The zero-order valence-corrected chi connectivity index (χ0v) is 22.8. The van der Waals surface area contributed by atoms with Gasteiger partial charge in [0.2, 0.25) is 0 Å². The molecule has 0 bridgehead atoms. The Morgan fingerprint density at radius 3 is 2.03 bits per heavy atom. The first kappa shape index (κ1) is 30.0. The van der Waals surface area contributed by atoms with Gasteiger partial charge in [0.05, 0.1) is 5.54 Å². The van der Waals surface area contributed by atoms with E-state index in [2.05, 4.69) is 26.3 Å². The third-order valence-electron chi connectivity index (χ3n) is 4.95. The topological polar surface area (TPSA) is 104 Å². The van der Waals surface area contributed by atoms with Crippen molar-refractivity contribution in [1.82, 2.24) is 21.3 Å². The average Bonchev–Trinajstić information content (AvgIpc) is 2.72. The first-order valence-corrected chi connectivity index (χ1v) is 10.9. The normalized spacial score (nSPS) is 11.8. The van der Waals surface area contributed by atoms with Crippen molar-refractivity contribution >= 4 is 41.9 Å². The van der Waals surface area contributed by atoms with Crippen molar-refractivity contribution in [3.63, 3.8) is 0 Å². The molecule has 0 aliphatic carbocycles. The molecule has 0 heterocycles. The Balaban J connectivity index is 0.00000961. The molecule has 8 nitrogen and oxygen atoms in total. The van der Waals surface area contributed by atoms with Crippen molar-refractivity contribution in [2.24, 2.45) is 4.99 Å². The fraction of sp³-hybridized carbons (Fsp3) is 0.609. The monoisotopic (exact) mass is 561 g/mol. The minimum atomic E-state index is -0.547. The number of carbonyl (C=O) groups is 2. The van der Waals surface area contributed by atoms with Gasteiger partial charge in [-0.05, 0) is 58.2 Å². The maximum Gasteiger partial charge on any atom is 0.408 e. The second-order valence-electron chi connectivity index (χ2n) is 8.45. The third-order valence-corrected chi connectivity index (χ3v) is 4.95. The summed E-state index contributed by atoms with van der Waals surface area (Å²) in [6.07, 6.45) is 1.07.